The molecule has 0 aliphatic carbocycles. The van der Waals surface area contributed by atoms with Gasteiger partial charge in [-0.05, 0) is 51.6 Å². The van der Waals surface area contributed by atoms with Gasteiger partial charge in [0.1, 0.15) is 5.54 Å². The van der Waals surface area contributed by atoms with Crippen LogP contribution >= 0.6 is 0 Å². The molecule has 1 N–H and O–H groups in total. The van der Waals surface area contributed by atoms with Crippen molar-refractivity contribution in [3.8, 4) is 0 Å². The Morgan fingerprint density at radius 1 is 1.40 bits per heavy atom. The monoisotopic (exact) mass is 279 g/mol. The lowest BCUT2D eigenvalue weighted by molar-refractivity contribution is -0.148. The molecule has 0 saturated carbocycles. The number of ether oxygens (including phenoxy) is 1. The zero-order chi connectivity index (χ0) is 15.0. The van der Waals surface area contributed by atoms with Crippen molar-refractivity contribution in [2.24, 2.45) is 0 Å². The van der Waals surface area contributed by atoms with E-state index in [1.807, 2.05) is 31.5 Å². The third-order valence-corrected chi connectivity index (χ3v) is 3.71. The van der Waals surface area contributed by atoms with Gasteiger partial charge in [0.2, 0.25) is 0 Å². The van der Waals surface area contributed by atoms with Crippen molar-refractivity contribution < 1.29 is 9.53 Å². The fraction of sp³-hybridized carbons (Fsp3) is 0.600. The molecule has 0 saturated heterocycles. The van der Waals surface area contributed by atoms with Gasteiger partial charge >= 0.3 is 5.97 Å². The number of esters is 1. The molecule has 5 heteroatoms. The average molecular weight is 279 g/mol. The standard InChI is InChI=1S/C15H25N3O2/c1-15(16-2,14(19)20-4)8-12-18(3)11-7-13-5-9-17-10-6-13/h5-6,9-10,16H,7-8,11-12H2,1-4H3. The Bertz CT molecular complexity index is 411. The molecule has 1 aromatic rings. The lowest BCUT2D eigenvalue weighted by atomic mass is 9.98. The highest BCUT2D eigenvalue weighted by molar-refractivity contribution is 5.80. The number of carbonyl (C=O) groups excluding carboxylic acids is 1. The molecule has 0 radical (unpaired) electrons. The van der Waals surface area contributed by atoms with Crippen molar-refractivity contribution in [3.05, 3.63) is 30.1 Å². The Hall–Kier alpha value is -1.46. The van der Waals surface area contributed by atoms with Crippen LogP contribution < -0.4 is 5.32 Å². The highest BCUT2D eigenvalue weighted by Crippen LogP contribution is 2.12. The quantitative estimate of drug-likeness (QED) is 0.722. The summed E-state index contributed by atoms with van der Waals surface area (Å²) in [6, 6.07) is 4.06. The fourth-order valence-electron chi connectivity index (χ4n) is 1.95. The van der Waals surface area contributed by atoms with Crippen LogP contribution in [0.15, 0.2) is 24.5 Å². The smallest absolute Gasteiger partial charge is 0.325 e. The first kappa shape index (κ1) is 16.6. The van der Waals surface area contributed by atoms with Gasteiger partial charge in [0.05, 0.1) is 7.11 Å². The maximum Gasteiger partial charge on any atom is 0.325 e. The SMILES string of the molecule is CNC(C)(CCN(C)CCc1ccncc1)C(=O)OC. The molecule has 0 bridgehead atoms. The normalized spacial score (nSPS) is 14.1. The molecular formula is C15H25N3O2. The first-order chi connectivity index (χ1) is 9.51. The molecule has 0 aromatic carbocycles. The second-order valence-electron chi connectivity index (χ2n) is 5.23. The van der Waals surface area contributed by atoms with E-state index >= 15 is 0 Å². The molecule has 112 valence electrons. The van der Waals surface area contributed by atoms with Gasteiger partial charge in [0.15, 0.2) is 0 Å². The maximum absolute atomic E-state index is 11.7. The lowest BCUT2D eigenvalue weighted by Crippen LogP contribution is -2.50. The number of likely N-dealkylation sites (N-methyl/N-ethyl adjacent to an activating group) is 2. The molecule has 0 spiro atoms. The van der Waals surface area contributed by atoms with Crippen LogP contribution in [0, 0.1) is 0 Å². The van der Waals surface area contributed by atoms with Crippen LogP contribution in [0.3, 0.4) is 0 Å². The third kappa shape index (κ3) is 4.90. The lowest BCUT2D eigenvalue weighted by Gasteiger charge is -2.28. The average Bonchev–Trinajstić information content (AvgIpc) is 2.50. The number of nitrogens with zero attached hydrogens (tertiary/aromatic N) is 2. The molecular weight excluding hydrogens is 254 g/mol. The van der Waals surface area contributed by atoms with Crippen molar-refractivity contribution in [1.29, 1.82) is 0 Å². The van der Waals surface area contributed by atoms with Gasteiger partial charge in [-0.25, -0.2) is 0 Å². The van der Waals surface area contributed by atoms with Crippen LogP contribution in [-0.4, -0.2) is 55.7 Å². The fourth-order valence-corrected chi connectivity index (χ4v) is 1.95. The number of carbonyl (C=O) groups is 1. The van der Waals surface area contributed by atoms with Gasteiger partial charge in [-0.2, -0.15) is 0 Å². The molecule has 5 nitrogen and oxygen atoms in total. The largest absolute Gasteiger partial charge is 0.468 e. The molecule has 1 heterocycles. The number of hydrogen-bond donors (Lipinski definition) is 1. The summed E-state index contributed by atoms with van der Waals surface area (Å²) >= 11 is 0. The number of nitrogens with one attached hydrogen (secondary N) is 1. The minimum absolute atomic E-state index is 0.220. The topological polar surface area (TPSA) is 54.5 Å². The Labute approximate surface area is 121 Å². The van der Waals surface area contributed by atoms with Crippen molar-refractivity contribution in [1.82, 2.24) is 15.2 Å². The summed E-state index contributed by atoms with van der Waals surface area (Å²) in [6.07, 6.45) is 5.31. The van der Waals surface area contributed by atoms with Gasteiger partial charge < -0.3 is 15.0 Å². The second kappa shape index (κ2) is 7.97. The maximum atomic E-state index is 11.7. The summed E-state index contributed by atoms with van der Waals surface area (Å²) in [7, 11) is 5.27. The van der Waals surface area contributed by atoms with Gasteiger partial charge in [-0.3, -0.25) is 9.78 Å². The third-order valence-electron chi connectivity index (χ3n) is 3.71. The van der Waals surface area contributed by atoms with Crippen molar-refractivity contribution in [3.63, 3.8) is 0 Å². The minimum Gasteiger partial charge on any atom is -0.468 e. The number of hydrogen-bond acceptors (Lipinski definition) is 5. The molecule has 1 rings (SSSR count). The van der Waals surface area contributed by atoms with Crippen LogP contribution in [0.2, 0.25) is 0 Å². The summed E-state index contributed by atoms with van der Waals surface area (Å²) < 4.78 is 4.84. The van der Waals surface area contributed by atoms with Gasteiger partial charge in [0.25, 0.3) is 0 Å². The van der Waals surface area contributed by atoms with E-state index in [4.69, 9.17) is 4.74 Å². The van der Waals surface area contributed by atoms with Gasteiger partial charge in [0, 0.05) is 25.5 Å². The summed E-state index contributed by atoms with van der Waals surface area (Å²) in [4.78, 5) is 18.0. The predicted octanol–water partition coefficient (Wildman–Crippen LogP) is 1.10. The first-order valence-corrected chi connectivity index (χ1v) is 6.86. The van der Waals surface area contributed by atoms with Gasteiger partial charge in [-0.15, -0.1) is 0 Å². The van der Waals surface area contributed by atoms with E-state index in [-0.39, 0.29) is 5.97 Å². The van der Waals surface area contributed by atoms with Crippen LogP contribution in [0.4, 0.5) is 0 Å². The zero-order valence-corrected chi connectivity index (χ0v) is 12.8. The minimum atomic E-state index is -0.625. The van der Waals surface area contributed by atoms with E-state index in [2.05, 4.69) is 22.2 Å². The Balaban J connectivity index is 2.39. The molecule has 1 unspecified atom stereocenters. The molecule has 1 atom stereocenters. The molecule has 0 aliphatic rings. The van der Waals surface area contributed by atoms with Crippen molar-refractivity contribution in [2.45, 2.75) is 25.3 Å². The van der Waals surface area contributed by atoms with Crippen molar-refractivity contribution >= 4 is 5.97 Å². The van der Waals surface area contributed by atoms with E-state index in [0.717, 1.165) is 19.5 Å². The van der Waals surface area contributed by atoms with E-state index in [9.17, 15) is 4.79 Å². The number of aromatic nitrogens is 1. The molecule has 0 aliphatic heterocycles. The van der Waals surface area contributed by atoms with Crippen LogP contribution in [0.5, 0.6) is 0 Å². The van der Waals surface area contributed by atoms with E-state index < -0.39 is 5.54 Å². The Morgan fingerprint density at radius 2 is 2.05 bits per heavy atom. The number of rotatable bonds is 8. The molecule has 0 fully saturated rings. The number of methoxy groups -OCH3 is 1. The van der Waals surface area contributed by atoms with Crippen LogP contribution in [0.1, 0.15) is 18.9 Å². The zero-order valence-electron chi connectivity index (χ0n) is 12.8. The molecule has 1 aromatic heterocycles. The highest BCUT2D eigenvalue weighted by atomic mass is 16.5. The van der Waals surface area contributed by atoms with Crippen LogP contribution in [0.25, 0.3) is 0 Å². The Morgan fingerprint density at radius 3 is 2.60 bits per heavy atom. The summed E-state index contributed by atoms with van der Waals surface area (Å²) in [5.74, 6) is -0.220. The summed E-state index contributed by atoms with van der Waals surface area (Å²) in [5.41, 5.74) is 0.649. The van der Waals surface area contributed by atoms with E-state index in [1.54, 1.807) is 7.05 Å². The highest BCUT2D eigenvalue weighted by Gasteiger charge is 2.32. The first-order valence-electron chi connectivity index (χ1n) is 6.86. The van der Waals surface area contributed by atoms with Crippen LogP contribution in [-0.2, 0) is 16.0 Å². The Kier molecular flexibility index (Phi) is 6.61. The summed E-state index contributed by atoms with van der Waals surface area (Å²) in [5, 5.41) is 3.05. The predicted molar refractivity (Wildman–Crippen MR) is 79.5 cm³/mol. The molecule has 20 heavy (non-hydrogen) atoms. The van der Waals surface area contributed by atoms with E-state index in [0.29, 0.717) is 6.42 Å². The number of pyridine rings is 1. The second-order valence-corrected chi connectivity index (χ2v) is 5.23. The summed E-state index contributed by atoms with van der Waals surface area (Å²) in [6.45, 7) is 3.65. The van der Waals surface area contributed by atoms with Gasteiger partial charge in [-0.1, -0.05) is 0 Å². The van der Waals surface area contributed by atoms with E-state index in [1.165, 1.54) is 12.7 Å². The molecule has 0 amide bonds. The van der Waals surface area contributed by atoms with Crippen molar-refractivity contribution in [2.75, 3.05) is 34.3 Å².